The van der Waals surface area contributed by atoms with E-state index in [-0.39, 0.29) is 12.1 Å². The van der Waals surface area contributed by atoms with Gasteiger partial charge in [-0.05, 0) is 29.8 Å². The zero-order valence-corrected chi connectivity index (χ0v) is 14.4. The molecule has 4 rings (SSSR count). The number of hydrogen-bond donors (Lipinski definition) is 1. The summed E-state index contributed by atoms with van der Waals surface area (Å²) in [5.74, 6) is 0.743. The van der Waals surface area contributed by atoms with Crippen LogP contribution in [-0.4, -0.2) is 22.9 Å². The number of nitrogens with one attached hydrogen (secondary N) is 1. The summed E-state index contributed by atoms with van der Waals surface area (Å²) in [6.45, 7) is 0.512. The maximum absolute atomic E-state index is 12.9. The Hall–Kier alpha value is -3.34. The van der Waals surface area contributed by atoms with Crippen LogP contribution in [0.4, 0.5) is 5.69 Å². The van der Waals surface area contributed by atoms with Gasteiger partial charge in [0.1, 0.15) is 11.9 Å². The van der Waals surface area contributed by atoms with E-state index in [2.05, 4.69) is 10.3 Å². The van der Waals surface area contributed by atoms with E-state index in [1.165, 1.54) is 0 Å². The summed E-state index contributed by atoms with van der Waals surface area (Å²) in [7, 11) is 1.64. The molecule has 0 spiro atoms. The second kappa shape index (κ2) is 6.88. The first-order valence-electron chi connectivity index (χ1n) is 8.46. The van der Waals surface area contributed by atoms with E-state index in [0.29, 0.717) is 12.1 Å². The van der Waals surface area contributed by atoms with E-state index in [0.717, 1.165) is 22.7 Å². The van der Waals surface area contributed by atoms with Crippen LogP contribution in [-0.2, 0) is 6.54 Å². The summed E-state index contributed by atoms with van der Waals surface area (Å²) in [5, 5.41) is 3.44. The van der Waals surface area contributed by atoms with Crippen LogP contribution in [0.3, 0.4) is 0 Å². The highest BCUT2D eigenvalue weighted by atomic mass is 16.5. The Bertz CT molecular complexity index is 927. The van der Waals surface area contributed by atoms with Crippen molar-refractivity contribution in [2.24, 2.45) is 0 Å². The highest BCUT2D eigenvalue weighted by Crippen LogP contribution is 2.34. The van der Waals surface area contributed by atoms with Gasteiger partial charge in [0.25, 0.3) is 5.91 Å². The molecule has 5 nitrogen and oxygen atoms in total. The number of aromatic nitrogens is 1. The van der Waals surface area contributed by atoms with Crippen LogP contribution in [0.25, 0.3) is 0 Å². The van der Waals surface area contributed by atoms with Crippen LogP contribution >= 0.6 is 0 Å². The number of hydrogen-bond acceptors (Lipinski definition) is 4. The minimum atomic E-state index is -0.328. The molecule has 26 heavy (non-hydrogen) atoms. The number of amides is 1. The van der Waals surface area contributed by atoms with E-state index < -0.39 is 0 Å². The van der Waals surface area contributed by atoms with Gasteiger partial charge in [-0.1, -0.05) is 36.4 Å². The van der Waals surface area contributed by atoms with Gasteiger partial charge < -0.3 is 15.0 Å². The van der Waals surface area contributed by atoms with E-state index in [4.69, 9.17) is 4.74 Å². The van der Waals surface area contributed by atoms with Crippen molar-refractivity contribution in [3.63, 3.8) is 0 Å². The largest absolute Gasteiger partial charge is 0.497 e. The number of fused-ring (bicyclic) bond motifs is 1. The van der Waals surface area contributed by atoms with E-state index >= 15 is 0 Å². The maximum Gasteiger partial charge on any atom is 0.258 e. The van der Waals surface area contributed by atoms with Crippen LogP contribution in [0.5, 0.6) is 5.75 Å². The molecule has 1 aromatic heterocycles. The molecule has 0 aliphatic carbocycles. The van der Waals surface area contributed by atoms with Crippen molar-refractivity contribution in [2.75, 3.05) is 12.4 Å². The molecule has 0 fully saturated rings. The number of carbonyl (C=O) groups is 1. The third-order valence-corrected chi connectivity index (χ3v) is 4.47. The molecule has 130 valence electrons. The number of pyridine rings is 1. The van der Waals surface area contributed by atoms with Crippen molar-refractivity contribution in [1.82, 2.24) is 9.88 Å². The monoisotopic (exact) mass is 345 g/mol. The average molecular weight is 345 g/mol. The second-order valence-electron chi connectivity index (χ2n) is 6.13. The Morgan fingerprint density at radius 3 is 2.73 bits per heavy atom. The number of nitrogens with zero attached hydrogens (tertiary/aromatic N) is 2. The van der Waals surface area contributed by atoms with Crippen LogP contribution < -0.4 is 10.1 Å². The van der Waals surface area contributed by atoms with Crippen molar-refractivity contribution < 1.29 is 9.53 Å². The number of ether oxygens (including phenoxy) is 1. The standard InChI is InChI=1S/C21H19N3O2/c1-26-17-10-5-9-16(13-17)23-20-19-18(11-6-12-22-19)21(25)24(20)14-15-7-3-2-4-8-15/h2-13,20,23H,14H2,1H3/t20-/m1/s1. The van der Waals surface area contributed by atoms with Gasteiger partial charge >= 0.3 is 0 Å². The zero-order chi connectivity index (χ0) is 17.9. The number of benzene rings is 2. The number of anilines is 1. The van der Waals surface area contributed by atoms with Crippen molar-refractivity contribution in [1.29, 1.82) is 0 Å². The topological polar surface area (TPSA) is 54.5 Å². The fraction of sp³-hybridized carbons (Fsp3) is 0.143. The quantitative estimate of drug-likeness (QED) is 0.763. The van der Waals surface area contributed by atoms with Gasteiger partial charge in [-0.3, -0.25) is 9.78 Å². The zero-order valence-electron chi connectivity index (χ0n) is 14.4. The van der Waals surface area contributed by atoms with Gasteiger partial charge in [0.05, 0.1) is 18.4 Å². The molecule has 2 aromatic carbocycles. The Balaban J connectivity index is 1.68. The van der Waals surface area contributed by atoms with E-state index in [1.807, 2.05) is 65.6 Å². The van der Waals surface area contributed by atoms with Gasteiger partial charge in [0.2, 0.25) is 0 Å². The molecule has 1 atom stereocenters. The molecule has 0 bridgehead atoms. The maximum atomic E-state index is 12.9. The lowest BCUT2D eigenvalue weighted by atomic mass is 10.2. The molecule has 5 heteroatoms. The van der Waals surface area contributed by atoms with Gasteiger partial charge in [0.15, 0.2) is 0 Å². The van der Waals surface area contributed by atoms with E-state index in [9.17, 15) is 4.79 Å². The minimum Gasteiger partial charge on any atom is -0.497 e. The van der Waals surface area contributed by atoms with Gasteiger partial charge in [0, 0.05) is 24.5 Å². The normalized spacial score (nSPS) is 15.7. The Kier molecular flexibility index (Phi) is 4.27. The molecule has 1 aliphatic heterocycles. The van der Waals surface area contributed by atoms with Gasteiger partial charge in [-0.2, -0.15) is 0 Å². The number of methoxy groups -OCH3 is 1. The van der Waals surface area contributed by atoms with Crippen molar-refractivity contribution >= 4 is 11.6 Å². The Labute approximate surface area is 152 Å². The lowest BCUT2D eigenvalue weighted by Gasteiger charge is -2.26. The molecular formula is C21H19N3O2. The fourth-order valence-corrected chi connectivity index (χ4v) is 3.20. The first kappa shape index (κ1) is 16.1. The molecule has 1 amide bonds. The number of rotatable bonds is 5. The molecule has 1 N–H and O–H groups in total. The van der Waals surface area contributed by atoms with Crippen molar-refractivity contribution in [3.8, 4) is 5.75 Å². The van der Waals surface area contributed by atoms with E-state index in [1.54, 1.807) is 19.4 Å². The van der Waals surface area contributed by atoms with Gasteiger partial charge in [-0.25, -0.2) is 0 Å². The predicted molar refractivity (Wildman–Crippen MR) is 99.9 cm³/mol. The highest BCUT2D eigenvalue weighted by molar-refractivity contribution is 5.98. The Morgan fingerprint density at radius 1 is 1.08 bits per heavy atom. The fourth-order valence-electron chi connectivity index (χ4n) is 3.20. The molecule has 0 saturated carbocycles. The summed E-state index contributed by atoms with van der Waals surface area (Å²) in [6.07, 6.45) is 1.39. The molecule has 1 aliphatic rings. The first-order valence-corrected chi connectivity index (χ1v) is 8.46. The van der Waals surface area contributed by atoms with Gasteiger partial charge in [-0.15, -0.1) is 0 Å². The Morgan fingerprint density at radius 2 is 1.92 bits per heavy atom. The smallest absolute Gasteiger partial charge is 0.258 e. The number of carbonyl (C=O) groups excluding carboxylic acids is 1. The lowest BCUT2D eigenvalue weighted by molar-refractivity contribution is 0.0728. The second-order valence-corrected chi connectivity index (χ2v) is 6.13. The average Bonchev–Trinajstić information content (AvgIpc) is 2.95. The third kappa shape index (κ3) is 2.99. The first-order chi connectivity index (χ1) is 12.8. The summed E-state index contributed by atoms with van der Waals surface area (Å²) in [5.41, 5.74) is 3.34. The van der Waals surface area contributed by atoms with Crippen LogP contribution in [0.15, 0.2) is 72.9 Å². The predicted octanol–water partition coefficient (Wildman–Crippen LogP) is 3.86. The lowest BCUT2D eigenvalue weighted by Crippen LogP contribution is -2.32. The van der Waals surface area contributed by atoms with Crippen molar-refractivity contribution in [3.05, 3.63) is 89.7 Å². The summed E-state index contributed by atoms with van der Waals surface area (Å²) >= 11 is 0. The summed E-state index contributed by atoms with van der Waals surface area (Å²) < 4.78 is 5.30. The highest BCUT2D eigenvalue weighted by Gasteiger charge is 2.37. The molecule has 0 saturated heterocycles. The molecule has 3 aromatic rings. The van der Waals surface area contributed by atoms with Crippen LogP contribution in [0.2, 0.25) is 0 Å². The summed E-state index contributed by atoms with van der Waals surface area (Å²) in [6, 6.07) is 21.3. The molecule has 0 unspecified atom stereocenters. The molecule has 2 heterocycles. The van der Waals surface area contributed by atoms with Crippen molar-refractivity contribution in [2.45, 2.75) is 12.7 Å². The molecule has 0 radical (unpaired) electrons. The minimum absolute atomic E-state index is 0.0163. The SMILES string of the molecule is COc1cccc(N[C@H]2c3ncccc3C(=O)N2Cc2ccccc2)c1. The van der Waals surface area contributed by atoms with Crippen LogP contribution in [0, 0.1) is 0 Å². The third-order valence-electron chi connectivity index (χ3n) is 4.47. The molecular weight excluding hydrogens is 326 g/mol. The summed E-state index contributed by atoms with van der Waals surface area (Å²) in [4.78, 5) is 19.2. The van der Waals surface area contributed by atoms with Crippen LogP contribution in [0.1, 0.15) is 27.8 Å².